The van der Waals surface area contributed by atoms with Crippen LogP contribution in [0.1, 0.15) is 65.2 Å². The molecule has 23 heavy (non-hydrogen) atoms. The van der Waals surface area contributed by atoms with E-state index >= 15 is 0 Å². The average Bonchev–Trinajstić information content (AvgIpc) is 2.89. The van der Waals surface area contributed by atoms with Crippen molar-refractivity contribution in [3.05, 3.63) is 11.1 Å². The van der Waals surface area contributed by atoms with Crippen LogP contribution in [0.5, 0.6) is 0 Å². The summed E-state index contributed by atoms with van der Waals surface area (Å²) >= 11 is 0. The Labute approximate surface area is 137 Å². The van der Waals surface area contributed by atoms with Crippen LogP contribution < -0.4 is 5.32 Å². The molecule has 0 spiro atoms. The standard InChI is InChI=1S/C19H27NO3/c1-18-8-3-4-13(18)11-5-6-15-19(2,14(11)7-9-18)10-12(17(22)23)16(21)20-15/h12,14-15H,3-10H2,1-2H3,(H,20,21)(H,22,23)/t12?,14-,15?,18+,19-/m1/s1. The summed E-state index contributed by atoms with van der Waals surface area (Å²) in [5, 5.41) is 12.5. The monoisotopic (exact) mass is 317 g/mol. The van der Waals surface area contributed by atoms with E-state index in [1.54, 1.807) is 11.1 Å². The Balaban J connectivity index is 1.73. The fourth-order valence-corrected chi connectivity index (χ4v) is 6.23. The first-order chi connectivity index (χ1) is 10.8. The first kappa shape index (κ1) is 15.2. The minimum absolute atomic E-state index is 0.0958. The van der Waals surface area contributed by atoms with Crippen molar-refractivity contribution >= 4 is 11.9 Å². The zero-order chi connectivity index (χ0) is 16.4. The van der Waals surface area contributed by atoms with Crippen molar-refractivity contribution < 1.29 is 14.7 Å². The molecule has 4 heteroatoms. The van der Waals surface area contributed by atoms with Crippen LogP contribution in [0.25, 0.3) is 0 Å². The third-order valence-corrected chi connectivity index (χ3v) is 7.55. The molecule has 126 valence electrons. The lowest BCUT2D eigenvalue weighted by molar-refractivity contribution is -0.153. The number of hydrogen-bond donors (Lipinski definition) is 2. The van der Waals surface area contributed by atoms with Gasteiger partial charge < -0.3 is 10.4 Å². The molecule has 2 unspecified atom stereocenters. The predicted octanol–water partition coefficient (Wildman–Crippen LogP) is 3.27. The van der Waals surface area contributed by atoms with Crippen molar-refractivity contribution in [3.8, 4) is 0 Å². The van der Waals surface area contributed by atoms with Gasteiger partial charge in [-0.25, -0.2) is 0 Å². The van der Waals surface area contributed by atoms with Crippen molar-refractivity contribution in [1.29, 1.82) is 0 Å². The molecule has 1 aliphatic heterocycles. The number of piperidine rings is 1. The van der Waals surface area contributed by atoms with Crippen LogP contribution in [-0.4, -0.2) is 23.0 Å². The van der Waals surface area contributed by atoms with Gasteiger partial charge in [-0.1, -0.05) is 25.0 Å². The van der Waals surface area contributed by atoms with Crippen molar-refractivity contribution in [1.82, 2.24) is 5.32 Å². The largest absolute Gasteiger partial charge is 0.481 e. The number of hydrogen-bond acceptors (Lipinski definition) is 2. The third-order valence-electron chi connectivity index (χ3n) is 7.55. The van der Waals surface area contributed by atoms with E-state index in [0.717, 1.165) is 19.3 Å². The number of allylic oxidation sites excluding steroid dienone is 2. The van der Waals surface area contributed by atoms with Gasteiger partial charge in [0.2, 0.25) is 5.91 Å². The van der Waals surface area contributed by atoms with Crippen LogP contribution in [0.15, 0.2) is 11.1 Å². The van der Waals surface area contributed by atoms with Crippen LogP contribution in [0, 0.1) is 22.7 Å². The topological polar surface area (TPSA) is 66.4 Å². The molecule has 4 aliphatic rings. The second kappa shape index (κ2) is 4.84. The highest BCUT2D eigenvalue weighted by molar-refractivity contribution is 5.97. The summed E-state index contributed by atoms with van der Waals surface area (Å²) in [6, 6.07) is 0.144. The van der Waals surface area contributed by atoms with Gasteiger partial charge in [0.15, 0.2) is 0 Å². The molecule has 0 bridgehead atoms. The molecule has 1 heterocycles. The Morgan fingerprint density at radius 3 is 2.74 bits per heavy atom. The molecular weight excluding hydrogens is 290 g/mol. The van der Waals surface area contributed by atoms with Crippen molar-refractivity contribution in [2.75, 3.05) is 0 Å². The Kier molecular flexibility index (Phi) is 3.20. The second-order valence-corrected chi connectivity index (χ2v) is 8.71. The van der Waals surface area contributed by atoms with Crippen molar-refractivity contribution in [2.24, 2.45) is 22.7 Å². The lowest BCUT2D eigenvalue weighted by Crippen LogP contribution is -2.61. The van der Waals surface area contributed by atoms with Gasteiger partial charge in [-0.05, 0) is 68.1 Å². The molecule has 1 saturated heterocycles. The number of fused-ring (bicyclic) bond motifs is 4. The van der Waals surface area contributed by atoms with Gasteiger partial charge in [0, 0.05) is 6.04 Å². The fraction of sp³-hybridized carbons (Fsp3) is 0.789. The van der Waals surface area contributed by atoms with Gasteiger partial charge in [0.1, 0.15) is 5.92 Å². The highest BCUT2D eigenvalue weighted by Crippen LogP contribution is 2.61. The molecule has 0 radical (unpaired) electrons. The first-order valence-electron chi connectivity index (χ1n) is 9.11. The second-order valence-electron chi connectivity index (χ2n) is 8.71. The maximum atomic E-state index is 12.1. The fourth-order valence-electron chi connectivity index (χ4n) is 6.23. The SMILES string of the molecule is C[C@@]12CCCC1=C1CCC3NC(=O)C(C(=O)O)C[C@]3(C)[C@@H]1CC2. The summed E-state index contributed by atoms with van der Waals surface area (Å²) in [7, 11) is 0. The number of amides is 1. The lowest BCUT2D eigenvalue weighted by atomic mass is 9.52. The maximum absolute atomic E-state index is 12.1. The molecule has 2 N–H and O–H groups in total. The van der Waals surface area contributed by atoms with Crippen LogP contribution >= 0.6 is 0 Å². The Hall–Kier alpha value is -1.32. The van der Waals surface area contributed by atoms with E-state index in [-0.39, 0.29) is 17.4 Å². The molecule has 3 aliphatic carbocycles. The van der Waals surface area contributed by atoms with Gasteiger partial charge in [-0.3, -0.25) is 9.59 Å². The normalized spacial score (nSPS) is 45.8. The number of aliphatic carboxylic acids is 1. The summed E-state index contributed by atoms with van der Waals surface area (Å²) in [6.07, 6.45) is 8.79. The minimum Gasteiger partial charge on any atom is -0.481 e. The van der Waals surface area contributed by atoms with Gasteiger partial charge in [-0.2, -0.15) is 0 Å². The Morgan fingerprint density at radius 2 is 2.00 bits per heavy atom. The molecule has 0 aromatic carbocycles. The minimum atomic E-state index is -0.969. The molecule has 5 atom stereocenters. The maximum Gasteiger partial charge on any atom is 0.316 e. The molecule has 2 saturated carbocycles. The summed E-state index contributed by atoms with van der Waals surface area (Å²) in [5.41, 5.74) is 3.63. The molecule has 3 fully saturated rings. The Bertz CT molecular complexity index is 610. The van der Waals surface area contributed by atoms with Gasteiger partial charge in [0.25, 0.3) is 0 Å². The van der Waals surface area contributed by atoms with E-state index < -0.39 is 11.9 Å². The van der Waals surface area contributed by atoms with E-state index in [2.05, 4.69) is 19.2 Å². The summed E-state index contributed by atoms with van der Waals surface area (Å²) < 4.78 is 0. The van der Waals surface area contributed by atoms with E-state index in [4.69, 9.17) is 0 Å². The summed E-state index contributed by atoms with van der Waals surface area (Å²) in [6.45, 7) is 4.66. The summed E-state index contributed by atoms with van der Waals surface area (Å²) in [4.78, 5) is 23.6. The Morgan fingerprint density at radius 1 is 1.22 bits per heavy atom. The zero-order valence-corrected chi connectivity index (χ0v) is 14.2. The van der Waals surface area contributed by atoms with Gasteiger partial charge in [0.05, 0.1) is 0 Å². The quantitative estimate of drug-likeness (QED) is 0.576. The van der Waals surface area contributed by atoms with E-state index in [0.29, 0.717) is 17.8 Å². The molecule has 0 aromatic heterocycles. The highest BCUT2D eigenvalue weighted by atomic mass is 16.4. The number of carboxylic acids is 1. The van der Waals surface area contributed by atoms with E-state index in [1.165, 1.54) is 25.7 Å². The zero-order valence-electron chi connectivity index (χ0n) is 14.2. The molecule has 1 amide bonds. The number of carbonyl (C=O) groups is 2. The van der Waals surface area contributed by atoms with Gasteiger partial charge >= 0.3 is 5.97 Å². The number of carbonyl (C=O) groups excluding carboxylic acids is 1. The lowest BCUT2D eigenvalue weighted by Gasteiger charge is -2.56. The van der Waals surface area contributed by atoms with Crippen LogP contribution in [0.4, 0.5) is 0 Å². The molecule has 4 nitrogen and oxygen atoms in total. The highest BCUT2D eigenvalue weighted by Gasteiger charge is 2.56. The third kappa shape index (κ3) is 2.03. The van der Waals surface area contributed by atoms with Crippen LogP contribution in [-0.2, 0) is 9.59 Å². The smallest absolute Gasteiger partial charge is 0.316 e. The molecule has 4 rings (SSSR count). The molecule has 0 aromatic rings. The summed E-state index contributed by atoms with van der Waals surface area (Å²) in [5.74, 6) is -1.66. The van der Waals surface area contributed by atoms with E-state index in [9.17, 15) is 14.7 Å². The van der Waals surface area contributed by atoms with E-state index in [1.807, 2.05) is 0 Å². The average molecular weight is 317 g/mol. The predicted molar refractivity (Wildman–Crippen MR) is 86.7 cm³/mol. The van der Waals surface area contributed by atoms with Gasteiger partial charge in [-0.15, -0.1) is 0 Å². The first-order valence-corrected chi connectivity index (χ1v) is 9.11. The van der Waals surface area contributed by atoms with Crippen molar-refractivity contribution in [2.45, 2.75) is 71.3 Å². The number of carboxylic acid groups (broad SMARTS) is 1. The number of rotatable bonds is 1. The number of nitrogens with one attached hydrogen (secondary N) is 1. The van der Waals surface area contributed by atoms with Crippen molar-refractivity contribution in [3.63, 3.8) is 0 Å². The molecular formula is C19H27NO3. The van der Waals surface area contributed by atoms with Crippen LogP contribution in [0.3, 0.4) is 0 Å². The van der Waals surface area contributed by atoms with Crippen LogP contribution in [0.2, 0.25) is 0 Å².